The fourth-order valence-corrected chi connectivity index (χ4v) is 1.21. The average molecular weight is 315 g/mol. The normalized spacial score (nSPS) is 15.8. The molecule has 14 heavy (non-hydrogen) atoms. The number of hydrogen-bond donors (Lipinski definition) is 2. The van der Waals surface area contributed by atoms with Crippen LogP contribution in [0.25, 0.3) is 0 Å². The summed E-state index contributed by atoms with van der Waals surface area (Å²) in [6.07, 6.45) is 0. The summed E-state index contributed by atoms with van der Waals surface area (Å²) < 4.78 is 4.87. The number of rotatable bonds is 3. The largest absolute Gasteiger partial charge is 0.479 e. The Bertz CT molecular complexity index is 248. The van der Waals surface area contributed by atoms with Crippen LogP contribution in [0.3, 0.4) is 0 Å². The molecule has 0 rings (SSSR count). The zero-order valence-electron chi connectivity index (χ0n) is 8.33. The maximum absolute atomic E-state index is 11.4. The Balaban J connectivity index is 4.73. The Hall–Kier alpha value is -0.370. The van der Waals surface area contributed by atoms with Gasteiger partial charge in [0.15, 0.2) is 0 Å². The maximum atomic E-state index is 11.4. The number of esters is 1. The first-order valence-corrected chi connectivity index (χ1v) is 5.48. The molecule has 0 spiro atoms. The molecule has 1 atom stereocenters. The van der Waals surface area contributed by atoms with Crippen LogP contribution in [-0.2, 0) is 14.3 Å². The van der Waals surface area contributed by atoms with E-state index in [-0.39, 0.29) is 4.43 Å². The summed E-state index contributed by atoms with van der Waals surface area (Å²) in [6.45, 7) is 4.96. The van der Waals surface area contributed by atoms with Gasteiger partial charge in [-0.25, -0.2) is 9.59 Å². The van der Waals surface area contributed by atoms with E-state index in [2.05, 4.69) is 0 Å². The molecule has 0 aliphatic rings. The second-order valence-corrected chi connectivity index (χ2v) is 4.67. The van der Waals surface area contributed by atoms with Crippen molar-refractivity contribution >= 4 is 34.5 Å². The van der Waals surface area contributed by atoms with E-state index < -0.39 is 23.1 Å². The summed E-state index contributed by atoms with van der Waals surface area (Å²) >= 11 is 1.74. The highest BCUT2D eigenvalue weighted by atomic mass is 127. The smallest absolute Gasteiger partial charge is 0.339 e. The topological polar surface area (TPSA) is 89.6 Å². The van der Waals surface area contributed by atoms with E-state index in [9.17, 15) is 9.59 Å². The SMILES string of the molecule is CC(C)(C)OC(=O)[C@@](N)(CI)C(=O)O. The minimum atomic E-state index is -1.95. The molecule has 0 aromatic heterocycles. The fraction of sp³-hybridized carbons (Fsp3) is 0.750. The summed E-state index contributed by atoms with van der Waals surface area (Å²) in [4.78, 5) is 22.2. The molecular weight excluding hydrogens is 301 g/mol. The third-order valence-corrected chi connectivity index (χ3v) is 2.56. The van der Waals surface area contributed by atoms with E-state index in [1.807, 2.05) is 0 Å². The van der Waals surface area contributed by atoms with Gasteiger partial charge in [-0.05, 0) is 20.8 Å². The van der Waals surface area contributed by atoms with Crippen LogP contribution in [0.5, 0.6) is 0 Å². The van der Waals surface area contributed by atoms with Gasteiger partial charge >= 0.3 is 11.9 Å². The van der Waals surface area contributed by atoms with Crippen LogP contribution in [0.1, 0.15) is 20.8 Å². The Morgan fingerprint density at radius 1 is 1.43 bits per heavy atom. The van der Waals surface area contributed by atoms with Gasteiger partial charge in [0.25, 0.3) is 0 Å². The Morgan fingerprint density at radius 3 is 2.07 bits per heavy atom. The van der Waals surface area contributed by atoms with E-state index in [4.69, 9.17) is 15.6 Å². The molecule has 0 fully saturated rings. The highest BCUT2D eigenvalue weighted by Crippen LogP contribution is 2.15. The summed E-state index contributed by atoms with van der Waals surface area (Å²) in [5, 5.41) is 8.77. The third-order valence-electron chi connectivity index (χ3n) is 1.36. The van der Waals surface area contributed by atoms with Crippen molar-refractivity contribution in [3.63, 3.8) is 0 Å². The molecule has 0 radical (unpaired) electrons. The lowest BCUT2D eigenvalue weighted by Gasteiger charge is -2.26. The molecule has 0 bridgehead atoms. The standard InChI is InChI=1S/C8H14INO4/c1-7(2,3)14-6(13)8(10,4-9)5(11)12/h4,10H2,1-3H3,(H,11,12)/t8-/m1/s1. The molecule has 0 saturated carbocycles. The number of halogens is 1. The molecule has 6 heteroatoms. The second kappa shape index (κ2) is 4.43. The van der Waals surface area contributed by atoms with Crippen molar-refractivity contribution in [1.82, 2.24) is 0 Å². The van der Waals surface area contributed by atoms with Gasteiger partial charge in [0.05, 0.1) is 0 Å². The first-order chi connectivity index (χ1) is 6.13. The molecule has 0 unspecified atom stereocenters. The van der Waals surface area contributed by atoms with Crippen LogP contribution in [-0.4, -0.2) is 32.6 Å². The number of carbonyl (C=O) groups is 2. The lowest BCUT2D eigenvalue weighted by Crippen LogP contribution is -2.58. The van der Waals surface area contributed by atoms with E-state index in [0.717, 1.165) is 0 Å². The molecule has 0 aliphatic carbocycles. The predicted molar refractivity (Wildman–Crippen MR) is 59.3 cm³/mol. The monoisotopic (exact) mass is 315 g/mol. The van der Waals surface area contributed by atoms with E-state index in [0.29, 0.717) is 0 Å². The number of carbonyl (C=O) groups excluding carboxylic acids is 1. The molecule has 0 amide bonds. The molecule has 0 aromatic rings. The zero-order valence-corrected chi connectivity index (χ0v) is 10.5. The van der Waals surface area contributed by atoms with Crippen LogP contribution in [0.4, 0.5) is 0 Å². The van der Waals surface area contributed by atoms with Crippen molar-refractivity contribution in [3.05, 3.63) is 0 Å². The summed E-state index contributed by atoms with van der Waals surface area (Å²) in [6, 6.07) is 0. The molecule has 5 nitrogen and oxygen atoms in total. The third kappa shape index (κ3) is 3.41. The minimum Gasteiger partial charge on any atom is -0.479 e. The van der Waals surface area contributed by atoms with Gasteiger partial charge in [0, 0.05) is 4.43 Å². The molecule has 0 aliphatic heterocycles. The highest BCUT2D eigenvalue weighted by Gasteiger charge is 2.44. The Morgan fingerprint density at radius 2 is 1.86 bits per heavy atom. The number of nitrogens with two attached hydrogens (primary N) is 1. The van der Waals surface area contributed by atoms with E-state index in [1.165, 1.54) is 0 Å². The number of aliphatic carboxylic acids is 1. The molecule has 0 aromatic carbocycles. The van der Waals surface area contributed by atoms with Crippen LogP contribution in [0.2, 0.25) is 0 Å². The molecule has 3 N–H and O–H groups in total. The van der Waals surface area contributed by atoms with Crippen molar-refractivity contribution in [3.8, 4) is 0 Å². The summed E-state index contributed by atoms with van der Waals surface area (Å²) in [5.74, 6) is -2.28. The van der Waals surface area contributed by atoms with Crippen LogP contribution >= 0.6 is 22.6 Å². The lowest BCUT2D eigenvalue weighted by molar-refractivity contribution is -0.167. The van der Waals surface area contributed by atoms with Gasteiger partial charge in [0.1, 0.15) is 5.60 Å². The minimum absolute atomic E-state index is 0.0327. The van der Waals surface area contributed by atoms with Crippen LogP contribution in [0, 0.1) is 0 Å². The van der Waals surface area contributed by atoms with Crippen LogP contribution < -0.4 is 5.73 Å². The number of alkyl halides is 1. The average Bonchev–Trinajstić information content (AvgIpc) is 1.99. The van der Waals surface area contributed by atoms with Crippen molar-refractivity contribution in [2.75, 3.05) is 4.43 Å². The first-order valence-electron chi connectivity index (χ1n) is 3.95. The van der Waals surface area contributed by atoms with Crippen molar-refractivity contribution in [1.29, 1.82) is 0 Å². The maximum Gasteiger partial charge on any atom is 0.339 e. The Kier molecular flexibility index (Phi) is 4.32. The van der Waals surface area contributed by atoms with Gasteiger partial charge in [-0.1, -0.05) is 22.6 Å². The number of carboxylic acids is 1. The predicted octanol–water partition coefficient (Wildman–Crippen LogP) is 0.545. The quantitative estimate of drug-likeness (QED) is 0.343. The number of ether oxygens (including phenoxy) is 1. The molecule has 0 heterocycles. The van der Waals surface area contributed by atoms with Gasteiger partial charge in [-0.3, -0.25) is 0 Å². The van der Waals surface area contributed by atoms with Crippen LogP contribution in [0.15, 0.2) is 0 Å². The van der Waals surface area contributed by atoms with Gasteiger partial charge in [-0.15, -0.1) is 0 Å². The molecule has 0 saturated heterocycles. The van der Waals surface area contributed by atoms with Gasteiger partial charge < -0.3 is 15.6 Å². The molecule has 82 valence electrons. The highest BCUT2D eigenvalue weighted by molar-refractivity contribution is 14.1. The summed E-state index contributed by atoms with van der Waals surface area (Å²) in [5.41, 5.74) is 2.73. The second-order valence-electron chi connectivity index (χ2n) is 3.91. The zero-order chi connectivity index (χ0) is 11.6. The lowest BCUT2D eigenvalue weighted by atomic mass is 10.0. The summed E-state index contributed by atoms with van der Waals surface area (Å²) in [7, 11) is 0. The van der Waals surface area contributed by atoms with Crippen molar-refractivity contribution in [2.24, 2.45) is 5.73 Å². The van der Waals surface area contributed by atoms with E-state index >= 15 is 0 Å². The van der Waals surface area contributed by atoms with Crippen molar-refractivity contribution in [2.45, 2.75) is 31.9 Å². The fourth-order valence-electron chi connectivity index (χ4n) is 0.568. The van der Waals surface area contributed by atoms with Gasteiger partial charge in [-0.2, -0.15) is 0 Å². The number of hydrogen-bond acceptors (Lipinski definition) is 4. The molecular formula is C8H14INO4. The Labute approximate surface area is 96.1 Å². The van der Waals surface area contributed by atoms with Gasteiger partial charge in [0.2, 0.25) is 5.54 Å². The first kappa shape index (κ1) is 13.6. The van der Waals surface area contributed by atoms with Crippen molar-refractivity contribution < 1.29 is 19.4 Å². The van der Waals surface area contributed by atoms with E-state index in [1.54, 1.807) is 43.4 Å². The number of carboxylic acid groups (broad SMARTS) is 1.